The van der Waals surface area contributed by atoms with Crippen molar-refractivity contribution in [3.8, 4) is 46.7 Å². The normalized spacial score (nSPS) is 11.2. The zero-order chi connectivity index (χ0) is 22.6. The quantitative estimate of drug-likeness (QED) is 0.398. The number of hydrogen-bond donors (Lipinski definition) is 0. The van der Waals surface area contributed by atoms with Gasteiger partial charge < -0.3 is 18.9 Å². The Labute approximate surface area is 192 Å². The largest absolute Gasteiger partial charge is 0.493 e. The third-order valence-corrected chi connectivity index (χ3v) is 5.30. The third-order valence-electron chi connectivity index (χ3n) is 5.30. The summed E-state index contributed by atoms with van der Waals surface area (Å²) in [6.45, 7) is 0.258. The molecular formula is C29H20O4. The van der Waals surface area contributed by atoms with Gasteiger partial charge in [-0.1, -0.05) is 35.8 Å². The maximum atomic E-state index is 5.43. The Balaban J connectivity index is 1.41. The lowest BCUT2D eigenvalue weighted by Gasteiger charge is -2.06. The van der Waals surface area contributed by atoms with Crippen molar-refractivity contribution in [2.24, 2.45) is 0 Å². The summed E-state index contributed by atoms with van der Waals surface area (Å²) in [4.78, 5) is 0. The lowest BCUT2D eigenvalue weighted by Crippen LogP contribution is -1.92. The highest BCUT2D eigenvalue weighted by molar-refractivity contribution is 5.85. The lowest BCUT2D eigenvalue weighted by molar-refractivity contribution is 0.174. The van der Waals surface area contributed by atoms with E-state index in [9.17, 15) is 0 Å². The van der Waals surface area contributed by atoms with Crippen LogP contribution in [0, 0.1) is 23.7 Å². The molecule has 0 saturated heterocycles. The maximum absolute atomic E-state index is 5.43. The summed E-state index contributed by atoms with van der Waals surface area (Å²) in [5.74, 6) is 15.7. The second-order valence-electron chi connectivity index (χ2n) is 7.41. The summed E-state index contributed by atoms with van der Waals surface area (Å²) in [6, 6.07) is 23.7. The van der Waals surface area contributed by atoms with Crippen LogP contribution in [0.4, 0.5) is 0 Å². The fourth-order valence-corrected chi connectivity index (χ4v) is 3.58. The zero-order valence-electron chi connectivity index (χ0n) is 18.3. The highest BCUT2D eigenvalue weighted by Crippen LogP contribution is 2.32. The third kappa shape index (κ3) is 4.42. The second kappa shape index (κ2) is 8.91. The molecule has 4 aromatic rings. The van der Waals surface area contributed by atoms with Crippen molar-refractivity contribution in [2.45, 2.75) is 0 Å². The lowest BCUT2D eigenvalue weighted by atomic mass is 10.0. The molecule has 0 fully saturated rings. The molecule has 33 heavy (non-hydrogen) atoms. The molecule has 0 saturated carbocycles. The predicted molar refractivity (Wildman–Crippen MR) is 128 cm³/mol. The molecule has 4 heteroatoms. The van der Waals surface area contributed by atoms with E-state index in [4.69, 9.17) is 18.9 Å². The van der Waals surface area contributed by atoms with Crippen LogP contribution in [0.25, 0.3) is 10.8 Å². The highest BCUT2D eigenvalue weighted by atomic mass is 16.7. The minimum Gasteiger partial charge on any atom is -0.493 e. The molecule has 1 heterocycles. The Bertz CT molecular complexity index is 1480. The first-order chi connectivity index (χ1) is 16.2. The minimum absolute atomic E-state index is 0.258. The van der Waals surface area contributed by atoms with Crippen molar-refractivity contribution >= 4 is 10.8 Å². The van der Waals surface area contributed by atoms with Crippen LogP contribution in [-0.2, 0) is 0 Å². The average Bonchev–Trinajstić information content (AvgIpc) is 3.33. The van der Waals surface area contributed by atoms with Crippen molar-refractivity contribution in [1.82, 2.24) is 0 Å². The molecule has 5 rings (SSSR count). The van der Waals surface area contributed by atoms with Crippen LogP contribution < -0.4 is 18.9 Å². The topological polar surface area (TPSA) is 36.9 Å². The summed E-state index contributed by atoms with van der Waals surface area (Å²) in [7, 11) is 3.23. The van der Waals surface area contributed by atoms with E-state index >= 15 is 0 Å². The standard InChI is InChI=1S/C29H20O4/c1-30-26-13-9-22(17-28(26)31-2)5-3-20-7-11-24-12-8-21(16-25(24)15-20)4-6-23-10-14-27-29(18-23)33-19-32-27/h7-18H,19H2,1-2H3. The van der Waals surface area contributed by atoms with E-state index in [0.29, 0.717) is 11.5 Å². The van der Waals surface area contributed by atoms with Crippen molar-refractivity contribution in [3.05, 3.63) is 95.1 Å². The van der Waals surface area contributed by atoms with E-state index in [1.165, 1.54) is 0 Å². The first-order valence-electron chi connectivity index (χ1n) is 10.4. The summed E-state index contributed by atoms with van der Waals surface area (Å²) in [5.41, 5.74) is 3.60. The number of methoxy groups -OCH3 is 2. The molecule has 0 atom stereocenters. The Morgan fingerprint density at radius 2 is 1.09 bits per heavy atom. The first kappa shape index (κ1) is 20.4. The fourth-order valence-electron chi connectivity index (χ4n) is 3.58. The highest BCUT2D eigenvalue weighted by Gasteiger charge is 2.12. The predicted octanol–water partition coefficient (Wildman–Crippen LogP) is 5.39. The molecule has 1 aliphatic rings. The van der Waals surface area contributed by atoms with Crippen LogP contribution in [-0.4, -0.2) is 21.0 Å². The van der Waals surface area contributed by atoms with Crippen LogP contribution in [0.2, 0.25) is 0 Å². The smallest absolute Gasteiger partial charge is 0.231 e. The van der Waals surface area contributed by atoms with Crippen LogP contribution in [0.15, 0.2) is 72.8 Å². The fraction of sp³-hybridized carbons (Fsp3) is 0.103. The van der Waals surface area contributed by atoms with Gasteiger partial charge in [-0.2, -0.15) is 0 Å². The zero-order valence-corrected chi connectivity index (χ0v) is 18.3. The number of benzene rings is 4. The van der Waals surface area contributed by atoms with Gasteiger partial charge in [0.25, 0.3) is 0 Å². The molecule has 0 amide bonds. The molecule has 0 radical (unpaired) electrons. The average molecular weight is 432 g/mol. The Morgan fingerprint density at radius 1 is 0.545 bits per heavy atom. The Morgan fingerprint density at radius 3 is 1.76 bits per heavy atom. The van der Waals surface area contributed by atoms with E-state index in [1.807, 2.05) is 48.5 Å². The molecule has 0 bridgehead atoms. The summed E-state index contributed by atoms with van der Waals surface area (Å²) in [6.07, 6.45) is 0. The second-order valence-corrected chi connectivity index (χ2v) is 7.41. The van der Waals surface area contributed by atoms with E-state index in [0.717, 1.165) is 44.5 Å². The van der Waals surface area contributed by atoms with Gasteiger partial charge >= 0.3 is 0 Å². The molecule has 1 aliphatic heterocycles. The molecule has 0 aromatic heterocycles. The molecule has 0 spiro atoms. The summed E-state index contributed by atoms with van der Waals surface area (Å²) < 4.78 is 21.4. The first-order valence-corrected chi connectivity index (χ1v) is 10.4. The van der Waals surface area contributed by atoms with Gasteiger partial charge in [0.15, 0.2) is 23.0 Å². The molecule has 0 aliphatic carbocycles. The maximum Gasteiger partial charge on any atom is 0.231 e. The molecule has 0 unspecified atom stereocenters. The molecule has 4 nitrogen and oxygen atoms in total. The van der Waals surface area contributed by atoms with Crippen LogP contribution in [0.1, 0.15) is 22.3 Å². The van der Waals surface area contributed by atoms with Crippen LogP contribution >= 0.6 is 0 Å². The summed E-state index contributed by atoms with van der Waals surface area (Å²) >= 11 is 0. The Kier molecular flexibility index (Phi) is 5.50. The monoisotopic (exact) mass is 432 g/mol. The molecule has 160 valence electrons. The van der Waals surface area contributed by atoms with Crippen molar-refractivity contribution < 1.29 is 18.9 Å². The van der Waals surface area contributed by atoms with Crippen LogP contribution in [0.3, 0.4) is 0 Å². The van der Waals surface area contributed by atoms with Gasteiger partial charge in [0.1, 0.15) is 0 Å². The Hall–Kier alpha value is -4.54. The van der Waals surface area contributed by atoms with E-state index in [1.54, 1.807) is 14.2 Å². The van der Waals surface area contributed by atoms with Gasteiger partial charge in [0.05, 0.1) is 14.2 Å². The van der Waals surface area contributed by atoms with Gasteiger partial charge in [-0.25, -0.2) is 0 Å². The van der Waals surface area contributed by atoms with E-state index < -0.39 is 0 Å². The van der Waals surface area contributed by atoms with E-state index in [-0.39, 0.29) is 6.79 Å². The molecule has 4 aromatic carbocycles. The summed E-state index contributed by atoms with van der Waals surface area (Å²) in [5, 5.41) is 2.23. The van der Waals surface area contributed by atoms with Crippen molar-refractivity contribution in [1.29, 1.82) is 0 Å². The number of hydrogen-bond acceptors (Lipinski definition) is 4. The minimum atomic E-state index is 0.258. The number of ether oxygens (including phenoxy) is 4. The number of rotatable bonds is 2. The van der Waals surface area contributed by atoms with Crippen molar-refractivity contribution in [2.75, 3.05) is 21.0 Å². The van der Waals surface area contributed by atoms with Crippen molar-refractivity contribution in [3.63, 3.8) is 0 Å². The van der Waals surface area contributed by atoms with Gasteiger partial charge in [-0.15, -0.1) is 0 Å². The SMILES string of the molecule is COc1ccc(C#Cc2ccc3ccc(C#Cc4ccc5c(c4)OCO5)cc3c2)cc1OC. The molecule has 0 N–H and O–H groups in total. The van der Waals surface area contributed by atoms with Gasteiger partial charge in [0.2, 0.25) is 6.79 Å². The van der Waals surface area contributed by atoms with Gasteiger partial charge in [-0.3, -0.25) is 0 Å². The number of fused-ring (bicyclic) bond motifs is 2. The van der Waals surface area contributed by atoms with Gasteiger partial charge in [0, 0.05) is 22.3 Å². The van der Waals surface area contributed by atoms with Crippen LogP contribution in [0.5, 0.6) is 23.0 Å². The van der Waals surface area contributed by atoms with E-state index in [2.05, 4.69) is 47.9 Å². The van der Waals surface area contributed by atoms with Gasteiger partial charge in [-0.05, 0) is 71.4 Å². The molecular weight excluding hydrogens is 412 g/mol.